The first-order chi connectivity index (χ1) is 14.7. The fourth-order valence-electron chi connectivity index (χ4n) is 3.03. The fraction of sp³-hybridized carbons (Fsp3) is 0.316. The minimum Gasteiger partial charge on any atom is -0.486 e. The van der Waals surface area contributed by atoms with E-state index in [0.717, 1.165) is 0 Å². The van der Waals surface area contributed by atoms with E-state index in [1.807, 2.05) is 0 Å². The van der Waals surface area contributed by atoms with Gasteiger partial charge in [-0.05, 0) is 31.2 Å². The number of hydrogen-bond acceptors (Lipinski definition) is 10. The van der Waals surface area contributed by atoms with Gasteiger partial charge in [-0.25, -0.2) is 19.3 Å². The Morgan fingerprint density at radius 1 is 1.37 bits per heavy atom. The molecule has 1 aromatic carbocycles. The highest BCUT2D eigenvalue weighted by atomic mass is 32.1. The third kappa shape index (κ3) is 4.35. The molecule has 1 fully saturated rings. The van der Waals surface area contributed by atoms with Crippen LogP contribution in [0.3, 0.4) is 0 Å². The van der Waals surface area contributed by atoms with Crippen LogP contribution >= 0.6 is 11.3 Å². The Morgan fingerprint density at radius 2 is 2.27 bits per heavy atom. The number of aliphatic hydroxyl groups is 1. The van der Waals surface area contributed by atoms with Gasteiger partial charge >= 0.3 is 0 Å². The van der Waals surface area contributed by atoms with Gasteiger partial charge in [0.05, 0.1) is 17.7 Å². The average Bonchev–Trinajstić information content (AvgIpc) is 3.23. The number of hydrogen-bond donors (Lipinski definition) is 3. The number of nitrogens with zero attached hydrogens (tertiary/aromatic N) is 5. The summed E-state index contributed by atoms with van der Waals surface area (Å²) in [4.78, 5) is 16.7. The van der Waals surface area contributed by atoms with Crippen molar-refractivity contribution in [3.8, 4) is 23.2 Å². The van der Waals surface area contributed by atoms with Gasteiger partial charge in [-0.2, -0.15) is 10.2 Å². The quantitative estimate of drug-likeness (QED) is 0.542. The number of piperidine rings is 1. The van der Waals surface area contributed by atoms with E-state index in [-0.39, 0.29) is 24.7 Å². The van der Waals surface area contributed by atoms with Gasteiger partial charge < -0.3 is 20.5 Å². The molecule has 0 bridgehead atoms. The first-order valence-electron chi connectivity index (χ1n) is 9.23. The van der Waals surface area contributed by atoms with E-state index in [9.17, 15) is 14.8 Å². The number of nitrogens with one attached hydrogen (secondary N) is 2. The first kappa shape index (κ1) is 20.1. The monoisotopic (exact) mass is 427 g/mol. The van der Waals surface area contributed by atoms with Gasteiger partial charge in [0, 0.05) is 12.1 Å². The fourth-order valence-corrected chi connectivity index (χ4v) is 3.72. The molecule has 3 heterocycles. The van der Waals surface area contributed by atoms with Crippen LogP contribution in [0, 0.1) is 11.3 Å². The number of aromatic nitrogens is 4. The Kier molecular flexibility index (Phi) is 6.08. The number of halogens is 1. The number of anilines is 2. The molecule has 1 saturated heterocycles. The Morgan fingerprint density at radius 3 is 3.07 bits per heavy atom. The molecule has 1 aliphatic rings. The van der Waals surface area contributed by atoms with Gasteiger partial charge in [0.1, 0.15) is 41.1 Å². The molecular formula is C19H18FN7O2S. The maximum absolute atomic E-state index is 14.0. The second-order valence-corrected chi connectivity index (χ2v) is 7.39. The first-order valence-corrected chi connectivity index (χ1v) is 10.1. The van der Waals surface area contributed by atoms with Crippen molar-refractivity contribution < 1.29 is 14.2 Å². The van der Waals surface area contributed by atoms with Gasteiger partial charge in [0.15, 0.2) is 5.82 Å². The summed E-state index contributed by atoms with van der Waals surface area (Å²) in [5.41, 5.74) is 2.98. The molecule has 3 N–H and O–H groups in total. The van der Waals surface area contributed by atoms with Crippen LogP contribution in [0.2, 0.25) is 0 Å². The normalized spacial score (nSPS) is 18.6. The summed E-state index contributed by atoms with van der Waals surface area (Å²) in [5, 5.41) is 25.5. The van der Waals surface area contributed by atoms with Crippen molar-refractivity contribution in [2.75, 3.05) is 18.4 Å². The highest BCUT2D eigenvalue weighted by Crippen LogP contribution is 2.28. The Hall–Kier alpha value is -3.20. The van der Waals surface area contributed by atoms with E-state index in [0.29, 0.717) is 40.8 Å². The molecule has 11 heteroatoms. The molecule has 154 valence electrons. The SMILES string of the molecule is N#Cc1cc(-c2ncnc(Nc3scnc3CO)n2)ccc1O[C@H]1CCNC[C@@H]1F. The van der Waals surface area contributed by atoms with Crippen molar-refractivity contribution >= 4 is 22.3 Å². The van der Waals surface area contributed by atoms with Crippen LogP contribution in [-0.4, -0.2) is 50.4 Å². The second-order valence-electron chi connectivity index (χ2n) is 6.53. The maximum Gasteiger partial charge on any atom is 0.231 e. The zero-order valence-electron chi connectivity index (χ0n) is 15.7. The van der Waals surface area contributed by atoms with Gasteiger partial charge in [-0.3, -0.25) is 0 Å². The molecule has 0 amide bonds. The lowest BCUT2D eigenvalue weighted by Crippen LogP contribution is -2.44. The number of benzene rings is 1. The number of thiazole rings is 1. The van der Waals surface area contributed by atoms with Gasteiger partial charge in [0.2, 0.25) is 5.95 Å². The van der Waals surface area contributed by atoms with Crippen LogP contribution in [0.4, 0.5) is 15.3 Å². The summed E-state index contributed by atoms with van der Waals surface area (Å²) in [6, 6.07) is 7.05. The molecule has 3 aromatic rings. The van der Waals surface area contributed by atoms with Crippen LogP contribution in [0.15, 0.2) is 30.0 Å². The van der Waals surface area contributed by atoms with E-state index in [2.05, 4.69) is 36.6 Å². The summed E-state index contributed by atoms with van der Waals surface area (Å²) < 4.78 is 19.8. The molecule has 2 atom stereocenters. The van der Waals surface area contributed by atoms with E-state index >= 15 is 0 Å². The Bertz CT molecular complexity index is 1070. The number of aliphatic hydroxyl groups excluding tert-OH is 1. The van der Waals surface area contributed by atoms with Crippen LogP contribution in [0.5, 0.6) is 5.75 Å². The maximum atomic E-state index is 14.0. The molecule has 30 heavy (non-hydrogen) atoms. The molecule has 0 aliphatic carbocycles. The number of ether oxygens (including phenoxy) is 1. The zero-order chi connectivity index (χ0) is 20.9. The summed E-state index contributed by atoms with van der Waals surface area (Å²) >= 11 is 1.32. The molecule has 0 unspecified atom stereocenters. The molecule has 2 aromatic heterocycles. The van der Waals surface area contributed by atoms with Crippen molar-refractivity contribution in [3.05, 3.63) is 41.3 Å². The number of rotatable bonds is 6. The van der Waals surface area contributed by atoms with Crippen LogP contribution in [0.25, 0.3) is 11.4 Å². The van der Waals surface area contributed by atoms with Gasteiger partial charge in [-0.15, -0.1) is 11.3 Å². The van der Waals surface area contributed by atoms with Crippen LogP contribution in [-0.2, 0) is 6.61 Å². The molecule has 1 aliphatic heterocycles. The van der Waals surface area contributed by atoms with Crippen LogP contribution in [0.1, 0.15) is 17.7 Å². The number of alkyl halides is 1. The molecule has 0 radical (unpaired) electrons. The third-order valence-electron chi connectivity index (χ3n) is 4.57. The van der Waals surface area contributed by atoms with Crippen molar-refractivity contribution in [3.63, 3.8) is 0 Å². The lowest BCUT2D eigenvalue weighted by molar-refractivity contribution is 0.0729. The van der Waals surface area contributed by atoms with Crippen molar-refractivity contribution in [1.29, 1.82) is 5.26 Å². The standard InChI is InChI=1S/C19H18FN7O2S/c20-13-7-22-4-3-16(13)29-15-2-1-11(5-12(15)6-21)17-23-9-24-19(26-17)27-18-14(8-28)25-10-30-18/h1-2,5,9-10,13,16,22,28H,3-4,7-8H2,(H,23,24,26,27)/t13-,16-/m0/s1. The number of nitriles is 1. The van der Waals surface area contributed by atoms with Gasteiger partial charge in [0.25, 0.3) is 0 Å². The van der Waals surface area contributed by atoms with E-state index in [1.54, 1.807) is 23.7 Å². The van der Waals surface area contributed by atoms with Crippen molar-refractivity contribution in [1.82, 2.24) is 25.3 Å². The predicted octanol–water partition coefficient (Wildman–Crippen LogP) is 2.18. The third-order valence-corrected chi connectivity index (χ3v) is 5.36. The smallest absolute Gasteiger partial charge is 0.231 e. The van der Waals surface area contributed by atoms with E-state index in [4.69, 9.17) is 4.74 Å². The van der Waals surface area contributed by atoms with Crippen LogP contribution < -0.4 is 15.4 Å². The topological polar surface area (TPSA) is 129 Å². The van der Waals surface area contributed by atoms with Crippen molar-refractivity contribution in [2.45, 2.75) is 25.3 Å². The molecule has 0 spiro atoms. The summed E-state index contributed by atoms with van der Waals surface area (Å²) in [6.45, 7) is 0.708. The Labute approximate surface area is 175 Å². The summed E-state index contributed by atoms with van der Waals surface area (Å²) in [7, 11) is 0. The molecular weight excluding hydrogens is 409 g/mol. The van der Waals surface area contributed by atoms with Gasteiger partial charge in [-0.1, -0.05) is 0 Å². The van der Waals surface area contributed by atoms with E-state index < -0.39 is 12.3 Å². The molecule has 0 saturated carbocycles. The van der Waals surface area contributed by atoms with Crippen molar-refractivity contribution in [2.24, 2.45) is 0 Å². The Balaban J connectivity index is 1.56. The lowest BCUT2D eigenvalue weighted by Gasteiger charge is -2.27. The second kappa shape index (κ2) is 9.08. The minimum absolute atomic E-state index is 0.201. The molecule has 4 rings (SSSR count). The lowest BCUT2D eigenvalue weighted by atomic mass is 10.1. The largest absolute Gasteiger partial charge is 0.486 e. The average molecular weight is 427 g/mol. The molecule has 9 nitrogen and oxygen atoms in total. The zero-order valence-corrected chi connectivity index (χ0v) is 16.6. The summed E-state index contributed by atoms with van der Waals surface area (Å²) in [5.74, 6) is 0.976. The highest BCUT2D eigenvalue weighted by molar-refractivity contribution is 7.14. The predicted molar refractivity (Wildman–Crippen MR) is 108 cm³/mol. The highest BCUT2D eigenvalue weighted by Gasteiger charge is 2.27. The van der Waals surface area contributed by atoms with E-state index in [1.165, 1.54) is 17.7 Å². The summed E-state index contributed by atoms with van der Waals surface area (Å²) in [6.07, 6.45) is 0.169. The minimum atomic E-state index is -1.13.